The maximum Gasteiger partial charge on any atom is 0.235 e. The molecule has 0 saturated heterocycles. The Morgan fingerprint density at radius 2 is 1.77 bits per heavy atom. The van der Waals surface area contributed by atoms with Gasteiger partial charge in [-0.2, -0.15) is 9.78 Å². The van der Waals surface area contributed by atoms with Gasteiger partial charge in [0.15, 0.2) is 11.5 Å². The van der Waals surface area contributed by atoms with E-state index in [-0.39, 0.29) is 16.9 Å². The number of thioether (sulfide) groups is 1. The van der Waals surface area contributed by atoms with Crippen LogP contribution in [0.25, 0.3) is 15.3 Å². The van der Waals surface area contributed by atoms with Crippen molar-refractivity contribution in [3.05, 3.63) is 47.2 Å². The van der Waals surface area contributed by atoms with E-state index in [1.807, 2.05) is 37.3 Å². The van der Waals surface area contributed by atoms with Gasteiger partial charge in [-0.3, -0.25) is 4.79 Å². The van der Waals surface area contributed by atoms with Gasteiger partial charge in [-0.05, 0) is 42.8 Å². The highest BCUT2D eigenvalue weighted by atomic mass is 32.2. The number of ether oxygens (including phenoxy) is 4. The van der Waals surface area contributed by atoms with E-state index in [0.717, 1.165) is 32.8 Å². The number of benzene rings is 2. The second-order valence-corrected chi connectivity index (χ2v) is 9.89. The van der Waals surface area contributed by atoms with E-state index < -0.39 is 0 Å². The zero-order valence-electron chi connectivity index (χ0n) is 19.9. The minimum absolute atomic E-state index is 0.102. The summed E-state index contributed by atoms with van der Waals surface area (Å²) in [7, 11) is 6.38. The van der Waals surface area contributed by atoms with E-state index in [1.165, 1.54) is 23.1 Å². The third-order valence-corrected chi connectivity index (χ3v) is 8.03. The van der Waals surface area contributed by atoms with Crippen LogP contribution in [0.15, 0.2) is 30.3 Å². The van der Waals surface area contributed by atoms with Gasteiger partial charge in [0, 0.05) is 5.56 Å². The molecule has 1 amide bonds. The lowest BCUT2D eigenvalue weighted by Gasteiger charge is -2.19. The number of aromatic nitrogens is 3. The number of methoxy groups -OCH3 is 4. The van der Waals surface area contributed by atoms with Crippen molar-refractivity contribution in [3.8, 4) is 28.1 Å². The molecular weight excluding hydrogens is 488 g/mol. The van der Waals surface area contributed by atoms with Gasteiger partial charge in [-0.15, -0.1) is 11.8 Å². The maximum absolute atomic E-state index is 12.7. The molecule has 1 atom stereocenters. The second-order valence-electron chi connectivity index (χ2n) is 7.79. The minimum atomic E-state index is -0.194. The lowest BCUT2D eigenvalue weighted by molar-refractivity contribution is -0.113. The number of nitrogens with zero attached hydrogens (tertiary/aromatic N) is 3. The molecule has 1 aliphatic rings. The molecule has 11 heteroatoms. The number of carbonyl (C=O) groups excluding carboxylic acids is 1. The first kappa shape index (κ1) is 23.3. The van der Waals surface area contributed by atoms with E-state index in [4.69, 9.17) is 29.0 Å². The zero-order valence-corrected chi connectivity index (χ0v) is 21.5. The number of nitrogens with one attached hydrogen (secondary N) is 1. The number of amides is 1. The Bertz CT molecular complexity index is 1410. The molecule has 1 unspecified atom stereocenters. The zero-order chi connectivity index (χ0) is 24.7. The summed E-state index contributed by atoms with van der Waals surface area (Å²) >= 11 is 3.00. The van der Waals surface area contributed by atoms with Crippen molar-refractivity contribution in [1.29, 1.82) is 0 Å². The molecule has 0 spiro atoms. The molecule has 2 aromatic heterocycles. The fourth-order valence-corrected chi connectivity index (χ4v) is 6.27. The smallest absolute Gasteiger partial charge is 0.235 e. The van der Waals surface area contributed by atoms with Crippen molar-refractivity contribution in [2.75, 3.05) is 39.5 Å². The first-order valence-electron chi connectivity index (χ1n) is 10.7. The summed E-state index contributed by atoms with van der Waals surface area (Å²) in [4.78, 5) is 17.5. The van der Waals surface area contributed by atoms with Gasteiger partial charge >= 0.3 is 0 Å². The van der Waals surface area contributed by atoms with E-state index in [9.17, 15) is 4.79 Å². The SMILES string of the molecule is COc1ccc2nc(-n3nc(C)c4c3NC(=O)CSC4c3cc(OC)c(OC)c(OC)c3)sc2c1. The van der Waals surface area contributed by atoms with E-state index in [0.29, 0.717) is 28.2 Å². The average molecular weight is 513 g/mol. The molecule has 0 saturated carbocycles. The number of hydrogen-bond donors (Lipinski definition) is 1. The lowest BCUT2D eigenvalue weighted by atomic mass is 10.0. The lowest BCUT2D eigenvalue weighted by Crippen LogP contribution is -2.15. The molecule has 1 N–H and O–H groups in total. The Morgan fingerprint density at radius 1 is 1.03 bits per heavy atom. The Morgan fingerprint density at radius 3 is 2.43 bits per heavy atom. The molecular formula is C24H24N4O5S2. The predicted molar refractivity (Wildman–Crippen MR) is 137 cm³/mol. The molecule has 5 rings (SSSR count). The molecule has 0 bridgehead atoms. The van der Waals surface area contributed by atoms with Crippen LogP contribution < -0.4 is 24.3 Å². The number of thiazole rings is 1. The second kappa shape index (κ2) is 9.31. The number of carbonyl (C=O) groups is 1. The first-order valence-corrected chi connectivity index (χ1v) is 12.6. The number of aryl methyl sites for hydroxylation is 1. The monoisotopic (exact) mass is 512 g/mol. The molecule has 1 aliphatic heterocycles. The van der Waals surface area contributed by atoms with E-state index in [2.05, 4.69) is 5.32 Å². The quantitative estimate of drug-likeness (QED) is 0.400. The standard InChI is InChI=1S/C24H24N4O5S2/c1-12-20-22(13-8-16(31-3)21(33-5)17(9-13)32-4)34-11-19(29)26-23(20)28(27-12)24-25-15-7-6-14(30-2)10-18(15)35-24/h6-10,22H,11H2,1-5H3,(H,26,29). The molecule has 182 valence electrons. The maximum atomic E-state index is 12.7. The molecule has 0 fully saturated rings. The van der Waals surface area contributed by atoms with Gasteiger partial charge < -0.3 is 24.3 Å². The molecule has 4 aromatic rings. The Kier molecular flexibility index (Phi) is 6.20. The molecule has 9 nitrogen and oxygen atoms in total. The predicted octanol–water partition coefficient (Wildman–Crippen LogP) is 4.60. The van der Waals surface area contributed by atoms with Crippen LogP contribution in [-0.4, -0.2) is 54.9 Å². The normalized spacial score (nSPS) is 15.3. The minimum Gasteiger partial charge on any atom is -0.497 e. The Labute approximate surface area is 210 Å². The number of hydrogen-bond acceptors (Lipinski definition) is 9. The average Bonchev–Trinajstić information content (AvgIpc) is 3.38. The van der Waals surface area contributed by atoms with Crippen LogP contribution in [0, 0.1) is 6.92 Å². The third kappa shape index (κ3) is 4.04. The Balaban J connectivity index is 1.67. The Hall–Kier alpha value is -3.44. The highest BCUT2D eigenvalue weighted by molar-refractivity contribution is 8.00. The van der Waals surface area contributed by atoms with Crippen molar-refractivity contribution < 1.29 is 23.7 Å². The van der Waals surface area contributed by atoms with E-state index in [1.54, 1.807) is 33.1 Å². The van der Waals surface area contributed by atoms with Crippen molar-refractivity contribution >= 4 is 45.0 Å². The van der Waals surface area contributed by atoms with Crippen molar-refractivity contribution in [2.24, 2.45) is 0 Å². The van der Waals surface area contributed by atoms with Crippen molar-refractivity contribution in [2.45, 2.75) is 12.2 Å². The molecule has 0 radical (unpaired) electrons. The van der Waals surface area contributed by atoms with Crippen LogP contribution in [0.1, 0.15) is 22.1 Å². The molecule has 2 aromatic carbocycles. The fourth-order valence-electron chi connectivity index (χ4n) is 4.15. The van der Waals surface area contributed by atoms with Crippen LogP contribution in [0.5, 0.6) is 23.0 Å². The van der Waals surface area contributed by atoms with Crippen molar-refractivity contribution in [3.63, 3.8) is 0 Å². The van der Waals surface area contributed by atoms with Gasteiger partial charge in [0.25, 0.3) is 0 Å². The first-order chi connectivity index (χ1) is 17.0. The highest BCUT2D eigenvalue weighted by Gasteiger charge is 2.32. The fraction of sp³-hybridized carbons (Fsp3) is 0.292. The summed E-state index contributed by atoms with van der Waals surface area (Å²) in [6.07, 6.45) is 0. The van der Waals surface area contributed by atoms with Gasteiger partial charge in [0.2, 0.25) is 16.8 Å². The van der Waals surface area contributed by atoms with Crippen LogP contribution in [0.4, 0.5) is 5.82 Å². The third-order valence-electron chi connectivity index (χ3n) is 5.76. The number of fused-ring (bicyclic) bond motifs is 2. The molecule has 0 aliphatic carbocycles. The summed E-state index contributed by atoms with van der Waals surface area (Å²) in [5.41, 5.74) is 3.46. The van der Waals surface area contributed by atoms with Crippen molar-refractivity contribution in [1.82, 2.24) is 14.8 Å². The summed E-state index contributed by atoms with van der Waals surface area (Å²) in [5.74, 6) is 3.18. The van der Waals surface area contributed by atoms with Crippen LogP contribution in [-0.2, 0) is 4.79 Å². The topological polar surface area (TPSA) is 96.7 Å². The number of rotatable bonds is 6. The van der Waals surface area contributed by atoms with Gasteiger partial charge in [-0.25, -0.2) is 4.98 Å². The molecule has 35 heavy (non-hydrogen) atoms. The largest absolute Gasteiger partial charge is 0.497 e. The van der Waals surface area contributed by atoms with Gasteiger partial charge in [-0.1, -0.05) is 11.3 Å². The summed E-state index contributed by atoms with van der Waals surface area (Å²) < 4.78 is 24.7. The summed E-state index contributed by atoms with van der Waals surface area (Å²) in [6, 6.07) is 9.56. The van der Waals surface area contributed by atoms with Crippen LogP contribution in [0.2, 0.25) is 0 Å². The summed E-state index contributed by atoms with van der Waals surface area (Å²) in [5, 5.41) is 8.31. The summed E-state index contributed by atoms with van der Waals surface area (Å²) in [6.45, 7) is 1.94. The van der Waals surface area contributed by atoms with Crippen LogP contribution >= 0.6 is 23.1 Å². The molecule has 3 heterocycles. The van der Waals surface area contributed by atoms with E-state index >= 15 is 0 Å². The number of anilines is 1. The van der Waals surface area contributed by atoms with Crippen LogP contribution in [0.3, 0.4) is 0 Å². The van der Waals surface area contributed by atoms with Gasteiger partial charge in [0.1, 0.15) is 11.6 Å². The highest BCUT2D eigenvalue weighted by Crippen LogP contribution is 2.48. The van der Waals surface area contributed by atoms with Gasteiger partial charge in [0.05, 0.1) is 55.4 Å².